The molecule has 3 aromatic heterocycles. The molecule has 3 rings (SSSR count). The van der Waals surface area contributed by atoms with E-state index in [4.69, 9.17) is 0 Å². The second kappa shape index (κ2) is 5.47. The molecule has 23 heavy (non-hydrogen) atoms. The summed E-state index contributed by atoms with van der Waals surface area (Å²) in [7, 11) is 0. The molecule has 116 valence electrons. The summed E-state index contributed by atoms with van der Waals surface area (Å²) in [6, 6.07) is 4.25. The fourth-order valence-electron chi connectivity index (χ4n) is 2.57. The summed E-state index contributed by atoms with van der Waals surface area (Å²) in [6.07, 6.45) is 6.05. The molecule has 3 heterocycles. The topological polar surface area (TPSA) is 78.2 Å². The van der Waals surface area contributed by atoms with E-state index in [1.807, 2.05) is 19.3 Å². The molecule has 0 amide bonds. The van der Waals surface area contributed by atoms with Crippen molar-refractivity contribution < 1.29 is 0 Å². The summed E-state index contributed by atoms with van der Waals surface area (Å²) >= 11 is 0. The first kappa shape index (κ1) is 15.2. The number of hydrogen-bond acceptors (Lipinski definition) is 4. The number of rotatable bonds is 2. The Bertz CT molecular complexity index is 909. The predicted octanol–water partition coefficient (Wildman–Crippen LogP) is 3.79. The third kappa shape index (κ3) is 3.07. The van der Waals surface area contributed by atoms with Crippen LogP contribution >= 0.6 is 0 Å². The molecule has 5 heteroatoms. The van der Waals surface area contributed by atoms with Gasteiger partial charge < -0.3 is 4.98 Å². The molecule has 0 atom stereocenters. The first-order valence-corrected chi connectivity index (χ1v) is 7.57. The van der Waals surface area contributed by atoms with E-state index >= 15 is 0 Å². The van der Waals surface area contributed by atoms with Gasteiger partial charge in [-0.1, -0.05) is 20.8 Å². The van der Waals surface area contributed by atoms with Crippen LogP contribution in [0.2, 0.25) is 0 Å². The largest absolute Gasteiger partial charge is 0.345 e. The van der Waals surface area contributed by atoms with E-state index in [1.54, 1.807) is 6.20 Å². The van der Waals surface area contributed by atoms with Gasteiger partial charge in [-0.05, 0) is 24.0 Å². The Hall–Kier alpha value is -2.74. The number of aryl methyl sites for hydroxylation is 1. The van der Waals surface area contributed by atoms with Gasteiger partial charge in [0.05, 0.1) is 11.3 Å². The monoisotopic (exact) mass is 305 g/mol. The van der Waals surface area contributed by atoms with E-state index in [0.29, 0.717) is 11.3 Å². The SMILES string of the molecule is Cc1cnc2[nH]cc(-c3nc(CC(C)(C)C)ncc3C#N)c2c1. The van der Waals surface area contributed by atoms with Crippen LogP contribution in [-0.2, 0) is 6.42 Å². The van der Waals surface area contributed by atoms with E-state index in [1.165, 1.54) is 0 Å². The molecule has 0 aromatic carbocycles. The van der Waals surface area contributed by atoms with Crippen molar-refractivity contribution in [1.82, 2.24) is 19.9 Å². The van der Waals surface area contributed by atoms with Crippen molar-refractivity contribution in [1.29, 1.82) is 5.26 Å². The quantitative estimate of drug-likeness (QED) is 0.781. The highest BCUT2D eigenvalue weighted by molar-refractivity contribution is 5.94. The highest BCUT2D eigenvalue weighted by atomic mass is 14.9. The molecule has 0 saturated carbocycles. The summed E-state index contributed by atoms with van der Waals surface area (Å²) in [5, 5.41) is 10.4. The lowest BCUT2D eigenvalue weighted by atomic mass is 9.92. The van der Waals surface area contributed by atoms with Crippen LogP contribution in [-0.4, -0.2) is 19.9 Å². The molecule has 3 aromatic rings. The fraction of sp³-hybridized carbons (Fsp3) is 0.333. The molecule has 0 unspecified atom stereocenters. The van der Waals surface area contributed by atoms with Gasteiger partial charge in [0.1, 0.15) is 17.5 Å². The number of H-pyrrole nitrogens is 1. The second-order valence-corrected chi connectivity index (χ2v) is 7.01. The zero-order chi connectivity index (χ0) is 16.6. The Morgan fingerprint density at radius 2 is 2.00 bits per heavy atom. The standard InChI is InChI=1S/C18H19N5/c1-11-5-13-14(10-22-17(13)21-8-11)16-12(7-19)9-20-15(23-16)6-18(2,3)4/h5,8-10H,6H2,1-4H3,(H,21,22). The van der Waals surface area contributed by atoms with Crippen LogP contribution in [0.15, 0.2) is 24.7 Å². The van der Waals surface area contributed by atoms with E-state index in [-0.39, 0.29) is 5.41 Å². The van der Waals surface area contributed by atoms with Crippen LogP contribution in [0.3, 0.4) is 0 Å². The van der Waals surface area contributed by atoms with Crippen molar-refractivity contribution >= 4 is 11.0 Å². The fourth-order valence-corrected chi connectivity index (χ4v) is 2.57. The van der Waals surface area contributed by atoms with Crippen molar-refractivity contribution in [2.75, 3.05) is 0 Å². The molecule has 0 radical (unpaired) electrons. The molecule has 0 fully saturated rings. The van der Waals surface area contributed by atoms with Gasteiger partial charge in [-0.3, -0.25) is 0 Å². The molecule has 0 aliphatic heterocycles. The minimum Gasteiger partial charge on any atom is -0.345 e. The Kier molecular flexibility index (Phi) is 3.61. The van der Waals surface area contributed by atoms with Gasteiger partial charge in [0.25, 0.3) is 0 Å². The Morgan fingerprint density at radius 1 is 1.22 bits per heavy atom. The Labute approximate surface area is 135 Å². The van der Waals surface area contributed by atoms with E-state index in [2.05, 4.69) is 52.8 Å². The summed E-state index contributed by atoms with van der Waals surface area (Å²) in [6.45, 7) is 8.44. The summed E-state index contributed by atoms with van der Waals surface area (Å²) in [5.41, 5.74) is 3.99. The summed E-state index contributed by atoms with van der Waals surface area (Å²) < 4.78 is 0. The zero-order valence-electron chi connectivity index (χ0n) is 13.8. The average Bonchev–Trinajstić information content (AvgIpc) is 2.88. The number of aromatic nitrogens is 4. The number of nitrogens with zero attached hydrogens (tertiary/aromatic N) is 4. The molecule has 0 spiro atoms. The van der Waals surface area contributed by atoms with Gasteiger partial charge in [0, 0.05) is 36.0 Å². The maximum absolute atomic E-state index is 9.41. The van der Waals surface area contributed by atoms with Crippen LogP contribution in [0.25, 0.3) is 22.3 Å². The highest BCUT2D eigenvalue weighted by Crippen LogP contribution is 2.30. The number of pyridine rings is 1. The first-order valence-electron chi connectivity index (χ1n) is 7.57. The van der Waals surface area contributed by atoms with E-state index < -0.39 is 0 Å². The normalized spacial score (nSPS) is 11.6. The van der Waals surface area contributed by atoms with Crippen LogP contribution in [0, 0.1) is 23.7 Å². The lowest BCUT2D eigenvalue weighted by Gasteiger charge is -2.17. The number of hydrogen-bond donors (Lipinski definition) is 1. The van der Waals surface area contributed by atoms with Crippen LogP contribution in [0.5, 0.6) is 0 Å². The van der Waals surface area contributed by atoms with Gasteiger partial charge in [0.2, 0.25) is 0 Å². The predicted molar refractivity (Wildman–Crippen MR) is 89.7 cm³/mol. The van der Waals surface area contributed by atoms with Crippen molar-refractivity contribution in [3.8, 4) is 17.3 Å². The maximum Gasteiger partial charge on any atom is 0.137 e. The van der Waals surface area contributed by atoms with Crippen LogP contribution in [0.4, 0.5) is 0 Å². The molecular weight excluding hydrogens is 286 g/mol. The molecule has 0 saturated heterocycles. The molecule has 1 N–H and O–H groups in total. The van der Waals surface area contributed by atoms with Crippen molar-refractivity contribution in [3.63, 3.8) is 0 Å². The van der Waals surface area contributed by atoms with E-state index in [9.17, 15) is 5.26 Å². The molecule has 0 aliphatic carbocycles. The minimum absolute atomic E-state index is 0.0871. The Balaban J connectivity index is 2.18. The van der Waals surface area contributed by atoms with Gasteiger partial charge in [0.15, 0.2) is 0 Å². The lowest BCUT2D eigenvalue weighted by molar-refractivity contribution is 0.401. The van der Waals surface area contributed by atoms with Crippen molar-refractivity contribution in [3.05, 3.63) is 41.6 Å². The molecule has 0 aliphatic rings. The summed E-state index contributed by atoms with van der Waals surface area (Å²) in [5.74, 6) is 0.751. The van der Waals surface area contributed by atoms with Gasteiger partial charge >= 0.3 is 0 Å². The average molecular weight is 305 g/mol. The second-order valence-electron chi connectivity index (χ2n) is 7.01. The minimum atomic E-state index is 0.0871. The van der Waals surface area contributed by atoms with Crippen molar-refractivity contribution in [2.24, 2.45) is 5.41 Å². The van der Waals surface area contributed by atoms with Crippen LogP contribution in [0.1, 0.15) is 37.7 Å². The van der Waals surface area contributed by atoms with E-state index in [0.717, 1.165) is 34.4 Å². The number of nitrogens with one attached hydrogen (secondary N) is 1. The van der Waals surface area contributed by atoms with Gasteiger partial charge in [-0.2, -0.15) is 5.26 Å². The van der Waals surface area contributed by atoms with Gasteiger partial charge in [-0.15, -0.1) is 0 Å². The molecule has 0 bridgehead atoms. The number of nitriles is 1. The van der Waals surface area contributed by atoms with Gasteiger partial charge in [-0.25, -0.2) is 15.0 Å². The first-order chi connectivity index (χ1) is 10.9. The third-order valence-electron chi connectivity index (χ3n) is 3.57. The third-order valence-corrected chi connectivity index (χ3v) is 3.57. The van der Waals surface area contributed by atoms with Crippen LogP contribution < -0.4 is 0 Å². The Morgan fingerprint density at radius 3 is 2.70 bits per heavy atom. The lowest BCUT2D eigenvalue weighted by Crippen LogP contribution is -2.12. The number of fused-ring (bicyclic) bond motifs is 1. The number of aromatic amines is 1. The highest BCUT2D eigenvalue weighted by Gasteiger charge is 2.18. The molecular formula is C18H19N5. The molecule has 5 nitrogen and oxygen atoms in total. The zero-order valence-corrected chi connectivity index (χ0v) is 13.8. The van der Waals surface area contributed by atoms with Crippen molar-refractivity contribution in [2.45, 2.75) is 34.1 Å². The smallest absolute Gasteiger partial charge is 0.137 e. The maximum atomic E-state index is 9.41. The summed E-state index contributed by atoms with van der Waals surface area (Å²) in [4.78, 5) is 16.5.